The highest BCUT2D eigenvalue weighted by Crippen LogP contribution is 2.23. The van der Waals surface area contributed by atoms with Crippen LogP contribution >= 0.6 is 11.8 Å². The average Bonchev–Trinajstić information content (AvgIpc) is 2.69. The Morgan fingerprint density at radius 2 is 1.82 bits per heavy atom. The van der Waals surface area contributed by atoms with Crippen LogP contribution in [0.2, 0.25) is 0 Å². The van der Waals surface area contributed by atoms with Crippen molar-refractivity contribution in [2.75, 3.05) is 11.1 Å². The minimum absolute atomic E-state index is 0.0536. The minimum Gasteiger partial charge on any atom is -0.493 e. The number of aromatic nitrogens is 2. The van der Waals surface area contributed by atoms with E-state index in [1.165, 1.54) is 4.57 Å². The monoisotopic (exact) mass is 395 g/mol. The molecule has 0 aliphatic rings. The fraction of sp³-hybridized carbons (Fsp3) is 0.190. The number of hydrogen-bond donors (Lipinski definition) is 2. The van der Waals surface area contributed by atoms with Gasteiger partial charge in [0.25, 0.3) is 5.56 Å². The number of benzene rings is 2. The zero-order chi connectivity index (χ0) is 20.1. The summed E-state index contributed by atoms with van der Waals surface area (Å²) in [6, 6.07) is 16.6. The van der Waals surface area contributed by atoms with Crippen molar-refractivity contribution in [3.63, 3.8) is 0 Å². The average molecular weight is 395 g/mol. The third kappa shape index (κ3) is 4.43. The predicted molar refractivity (Wildman–Crippen MR) is 111 cm³/mol. The standard InChI is InChI=1S/C21H21N3O3S/c1-3-17-19(26)23-21(24(20(17)27)16-7-5-4-6-8-16)28-13-18(25)22-15-11-9-14(2)10-12-15/h4-12,26H,3,13H2,1-2H3,(H,22,25). The fourth-order valence-corrected chi connectivity index (χ4v) is 3.50. The van der Waals surface area contributed by atoms with Gasteiger partial charge < -0.3 is 10.4 Å². The number of rotatable bonds is 6. The predicted octanol–water partition coefficient (Wildman–Crippen LogP) is 3.54. The van der Waals surface area contributed by atoms with E-state index in [1.807, 2.05) is 49.4 Å². The first-order chi connectivity index (χ1) is 13.5. The molecular formula is C21H21N3O3S. The summed E-state index contributed by atoms with van der Waals surface area (Å²) in [5.74, 6) is -0.458. The number of carbonyl (C=O) groups is 1. The van der Waals surface area contributed by atoms with Crippen molar-refractivity contribution in [3.05, 3.63) is 76.1 Å². The van der Waals surface area contributed by atoms with Crippen LogP contribution in [-0.4, -0.2) is 26.3 Å². The summed E-state index contributed by atoms with van der Waals surface area (Å²) in [4.78, 5) is 29.3. The van der Waals surface area contributed by atoms with Gasteiger partial charge in [-0.05, 0) is 37.6 Å². The quantitative estimate of drug-likeness (QED) is 0.493. The smallest absolute Gasteiger partial charge is 0.265 e. The second-order valence-corrected chi connectivity index (χ2v) is 7.17. The van der Waals surface area contributed by atoms with E-state index in [0.717, 1.165) is 17.3 Å². The Labute approximate surface area is 167 Å². The molecule has 0 radical (unpaired) electrons. The second kappa shape index (κ2) is 8.75. The molecule has 144 valence electrons. The highest BCUT2D eigenvalue weighted by atomic mass is 32.2. The molecule has 0 fully saturated rings. The number of amides is 1. The molecule has 0 saturated carbocycles. The van der Waals surface area contributed by atoms with Crippen molar-refractivity contribution in [3.8, 4) is 11.6 Å². The lowest BCUT2D eigenvalue weighted by Gasteiger charge is -2.14. The van der Waals surface area contributed by atoms with Crippen molar-refractivity contribution >= 4 is 23.4 Å². The Morgan fingerprint density at radius 3 is 2.46 bits per heavy atom. The van der Waals surface area contributed by atoms with Gasteiger partial charge in [0, 0.05) is 5.69 Å². The van der Waals surface area contributed by atoms with E-state index >= 15 is 0 Å². The molecule has 0 aliphatic carbocycles. The highest BCUT2D eigenvalue weighted by molar-refractivity contribution is 7.99. The number of thioether (sulfide) groups is 1. The van der Waals surface area contributed by atoms with E-state index in [2.05, 4.69) is 10.3 Å². The van der Waals surface area contributed by atoms with Crippen LogP contribution < -0.4 is 10.9 Å². The second-order valence-electron chi connectivity index (χ2n) is 6.23. The third-order valence-corrected chi connectivity index (χ3v) is 5.10. The van der Waals surface area contributed by atoms with Crippen molar-refractivity contribution in [2.24, 2.45) is 0 Å². The molecule has 0 bridgehead atoms. The topological polar surface area (TPSA) is 84.2 Å². The molecule has 28 heavy (non-hydrogen) atoms. The molecule has 3 rings (SSSR count). The molecule has 0 aliphatic heterocycles. The summed E-state index contributed by atoms with van der Waals surface area (Å²) in [5, 5.41) is 13.2. The van der Waals surface area contributed by atoms with Gasteiger partial charge in [-0.15, -0.1) is 0 Å². The van der Waals surface area contributed by atoms with E-state index in [1.54, 1.807) is 19.1 Å². The number of anilines is 1. The zero-order valence-electron chi connectivity index (χ0n) is 15.7. The van der Waals surface area contributed by atoms with Crippen molar-refractivity contribution in [2.45, 2.75) is 25.4 Å². The molecule has 0 spiro atoms. The van der Waals surface area contributed by atoms with Crippen LogP contribution in [0, 0.1) is 6.92 Å². The Morgan fingerprint density at radius 1 is 1.14 bits per heavy atom. The fourth-order valence-electron chi connectivity index (χ4n) is 2.70. The Balaban J connectivity index is 1.86. The van der Waals surface area contributed by atoms with E-state index in [4.69, 9.17) is 0 Å². The maximum Gasteiger partial charge on any atom is 0.265 e. The van der Waals surface area contributed by atoms with Gasteiger partial charge in [0.1, 0.15) is 0 Å². The highest BCUT2D eigenvalue weighted by Gasteiger charge is 2.17. The molecule has 2 aromatic carbocycles. The van der Waals surface area contributed by atoms with Gasteiger partial charge in [0.2, 0.25) is 11.8 Å². The molecule has 1 heterocycles. The van der Waals surface area contributed by atoms with Crippen LogP contribution in [0.1, 0.15) is 18.1 Å². The van der Waals surface area contributed by atoms with Gasteiger partial charge in [0.15, 0.2) is 5.16 Å². The lowest BCUT2D eigenvalue weighted by molar-refractivity contribution is -0.113. The SMILES string of the molecule is CCc1c(O)nc(SCC(=O)Nc2ccc(C)cc2)n(-c2ccccc2)c1=O. The molecule has 1 aromatic heterocycles. The van der Waals surface area contributed by atoms with Gasteiger partial charge in [-0.25, -0.2) is 0 Å². The summed E-state index contributed by atoms with van der Waals surface area (Å²) in [7, 11) is 0. The molecule has 0 unspecified atom stereocenters. The normalized spacial score (nSPS) is 10.6. The number of nitrogens with one attached hydrogen (secondary N) is 1. The number of aryl methyl sites for hydroxylation is 1. The number of aromatic hydroxyl groups is 1. The number of carbonyl (C=O) groups excluding carboxylic acids is 1. The number of nitrogens with zero attached hydrogens (tertiary/aromatic N) is 2. The summed E-state index contributed by atoms with van der Waals surface area (Å²) < 4.78 is 1.43. The lowest BCUT2D eigenvalue weighted by Crippen LogP contribution is -2.25. The van der Waals surface area contributed by atoms with E-state index < -0.39 is 0 Å². The van der Waals surface area contributed by atoms with Crippen LogP contribution in [0.4, 0.5) is 5.69 Å². The first-order valence-electron chi connectivity index (χ1n) is 8.89. The van der Waals surface area contributed by atoms with Crippen LogP contribution in [0.15, 0.2) is 64.5 Å². The Bertz CT molecular complexity index is 1030. The van der Waals surface area contributed by atoms with Gasteiger partial charge in [-0.3, -0.25) is 14.2 Å². The number of hydrogen-bond acceptors (Lipinski definition) is 5. The Kier molecular flexibility index (Phi) is 6.16. The van der Waals surface area contributed by atoms with Gasteiger partial charge in [-0.2, -0.15) is 4.98 Å². The van der Waals surface area contributed by atoms with E-state index in [-0.39, 0.29) is 33.8 Å². The van der Waals surface area contributed by atoms with Crippen molar-refractivity contribution < 1.29 is 9.90 Å². The van der Waals surface area contributed by atoms with Crippen molar-refractivity contribution in [1.29, 1.82) is 0 Å². The maximum absolute atomic E-state index is 12.9. The molecule has 0 atom stereocenters. The molecule has 1 amide bonds. The van der Waals surface area contributed by atoms with Gasteiger partial charge in [-0.1, -0.05) is 54.6 Å². The third-order valence-electron chi connectivity index (χ3n) is 4.16. The van der Waals surface area contributed by atoms with Crippen LogP contribution in [0.5, 0.6) is 5.88 Å². The summed E-state index contributed by atoms with van der Waals surface area (Å²) in [6.45, 7) is 3.76. The molecule has 0 saturated heterocycles. The van der Waals surface area contributed by atoms with Crippen LogP contribution in [0.3, 0.4) is 0 Å². The van der Waals surface area contributed by atoms with Crippen molar-refractivity contribution in [1.82, 2.24) is 9.55 Å². The maximum atomic E-state index is 12.9. The Hall–Kier alpha value is -3.06. The van der Waals surface area contributed by atoms with E-state index in [0.29, 0.717) is 17.8 Å². The lowest BCUT2D eigenvalue weighted by atomic mass is 10.2. The first-order valence-corrected chi connectivity index (χ1v) is 9.87. The van der Waals surface area contributed by atoms with E-state index in [9.17, 15) is 14.7 Å². The molecule has 2 N–H and O–H groups in total. The first kappa shape index (κ1) is 19.7. The summed E-state index contributed by atoms with van der Waals surface area (Å²) in [5.41, 5.74) is 2.36. The summed E-state index contributed by atoms with van der Waals surface area (Å²) in [6.07, 6.45) is 0.364. The van der Waals surface area contributed by atoms with Gasteiger partial charge >= 0.3 is 0 Å². The molecule has 6 nitrogen and oxygen atoms in total. The van der Waals surface area contributed by atoms with Gasteiger partial charge in [0.05, 0.1) is 17.0 Å². The largest absolute Gasteiger partial charge is 0.493 e. The summed E-state index contributed by atoms with van der Waals surface area (Å²) >= 11 is 1.10. The molecule has 7 heteroatoms. The molecule has 3 aromatic rings. The zero-order valence-corrected chi connectivity index (χ0v) is 16.5. The van der Waals surface area contributed by atoms with Crippen LogP contribution in [-0.2, 0) is 11.2 Å². The van der Waals surface area contributed by atoms with Crippen LogP contribution in [0.25, 0.3) is 5.69 Å². The number of para-hydroxylation sites is 1. The molecular weight excluding hydrogens is 374 g/mol. The minimum atomic E-state index is -0.331.